The van der Waals surface area contributed by atoms with Crippen molar-refractivity contribution in [1.29, 1.82) is 0 Å². The van der Waals surface area contributed by atoms with Crippen LogP contribution in [0.4, 0.5) is 5.82 Å². The average Bonchev–Trinajstić information content (AvgIpc) is 3.09. The summed E-state index contributed by atoms with van der Waals surface area (Å²) in [6.45, 7) is 2.94. The third-order valence-electron chi connectivity index (χ3n) is 2.77. The Morgan fingerprint density at radius 1 is 1.30 bits per heavy atom. The van der Waals surface area contributed by atoms with Crippen LogP contribution in [0.15, 0.2) is 34.3 Å². The van der Waals surface area contributed by atoms with Crippen LogP contribution in [0.3, 0.4) is 0 Å². The summed E-state index contributed by atoms with van der Waals surface area (Å²) in [4.78, 5) is 10.3. The number of nitrogens with zero attached hydrogens (tertiary/aromatic N) is 2. The highest BCUT2D eigenvalue weighted by atomic mass is 32.2. The quantitative estimate of drug-likeness (QED) is 0.741. The van der Waals surface area contributed by atoms with Gasteiger partial charge in [0.15, 0.2) is 0 Å². The zero-order valence-corrected chi connectivity index (χ0v) is 12.8. The molecule has 0 saturated heterocycles. The lowest BCUT2D eigenvalue weighted by Crippen LogP contribution is -2.03. The minimum absolute atomic E-state index is 0.785. The highest BCUT2D eigenvalue weighted by Gasteiger charge is 2.08. The van der Waals surface area contributed by atoms with Crippen LogP contribution in [0.25, 0.3) is 10.2 Å². The van der Waals surface area contributed by atoms with E-state index in [9.17, 15) is 0 Å². The second kappa shape index (κ2) is 6.28. The summed E-state index contributed by atoms with van der Waals surface area (Å²) in [5.41, 5.74) is 0. The lowest BCUT2D eigenvalue weighted by atomic mass is 10.3. The first-order valence-corrected chi connectivity index (χ1v) is 8.48. The van der Waals surface area contributed by atoms with E-state index in [0.29, 0.717) is 0 Å². The van der Waals surface area contributed by atoms with Gasteiger partial charge in [-0.05, 0) is 30.5 Å². The van der Waals surface area contributed by atoms with Gasteiger partial charge in [0.25, 0.3) is 0 Å². The molecule has 0 aromatic carbocycles. The van der Waals surface area contributed by atoms with Gasteiger partial charge >= 0.3 is 0 Å². The SMILES string of the molecule is CCNc1nc(CSCc2ccco2)nc2sccc12. The fourth-order valence-corrected chi connectivity index (χ4v) is 3.47. The van der Waals surface area contributed by atoms with Gasteiger partial charge in [-0.1, -0.05) is 0 Å². The molecule has 3 aromatic rings. The molecule has 0 bridgehead atoms. The van der Waals surface area contributed by atoms with E-state index >= 15 is 0 Å². The van der Waals surface area contributed by atoms with Crippen LogP contribution < -0.4 is 5.32 Å². The Morgan fingerprint density at radius 2 is 2.25 bits per heavy atom. The van der Waals surface area contributed by atoms with Crippen LogP contribution in [0.5, 0.6) is 0 Å². The Kier molecular flexibility index (Phi) is 4.22. The number of hydrogen-bond donors (Lipinski definition) is 1. The van der Waals surface area contributed by atoms with Gasteiger partial charge in [0.05, 0.1) is 23.2 Å². The van der Waals surface area contributed by atoms with E-state index in [1.807, 2.05) is 12.1 Å². The van der Waals surface area contributed by atoms with Gasteiger partial charge in [0.1, 0.15) is 22.2 Å². The third kappa shape index (κ3) is 2.96. The molecule has 3 rings (SSSR count). The van der Waals surface area contributed by atoms with Crippen LogP contribution in [0.2, 0.25) is 0 Å². The molecule has 3 heterocycles. The molecule has 0 atom stereocenters. The molecule has 0 aliphatic heterocycles. The summed E-state index contributed by atoms with van der Waals surface area (Å²) >= 11 is 3.41. The van der Waals surface area contributed by atoms with Gasteiger partial charge < -0.3 is 9.73 Å². The van der Waals surface area contributed by atoms with Gasteiger partial charge in [0.2, 0.25) is 0 Å². The van der Waals surface area contributed by atoms with Crippen molar-refractivity contribution in [3.05, 3.63) is 41.4 Å². The van der Waals surface area contributed by atoms with E-state index in [1.54, 1.807) is 29.4 Å². The normalized spacial score (nSPS) is 11.1. The van der Waals surface area contributed by atoms with Crippen LogP contribution in [-0.2, 0) is 11.5 Å². The summed E-state index contributed by atoms with van der Waals surface area (Å²) in [5, 5.41) is 6.47. The number of rotatable bonds is 6. The molecule has 0 amide bonds. The van der Waals surface area contributed by atoms with Gasteiger partial charge in [-0.15, -0.1) is 23.1 Å². The van der Waals surface area contributed by atoms with Crippen molar-refractivity contribution in [2.45, 2.75) is 18.4 Å². The number of aromatic nitrogens is 2. The number of thioether (sulfide) groups is 1. The molecule has 0 aliphatic rings. The Labute approximate surface area is 125 Å². The Balaban J connectivity index is 1.73. The van der Waals surface area contributed by atoms with Crippen molar-refractivity contribution in [3.63, 3.8) is 0 Å². The molecule has 20 heavy (non-hydrogen) atoms. The number of thiophene rings is 1. The maximum atomic E-state index is 5.32. The van der Waals surface area contributed by atoms with Crippen LogP contribution in [0, 0.1) is 0 Å². The third-order valence-corrected chi connectivity index (χ3v) is 4.53. The number of nitrogens with one attached hydrogen (secondary N) is 1. The van der Waals surface area contributed by atoms with Gasteiger partial charge in [-0.3, -0.25) is 0 Å². The maximum Gasteiger partial charge on any atom is 0.142 e. The van der Waals surface area contributed by atoms with E-state index < -0.39 is 0 Å². The highest BCUT2D eigenvalue weighted by Crippen LogP contribution is 2.26. The van der Waals surface area contributed by atoms with Gasteiger partial charge in [-0.2, -0.15) is 0 Å². The largest absolute Gasteiger partial charge is 0.468 e. The Morgan fingerprint density at radius 3 is 3.05 bits per heavy atom. The zero-order chi connectivity index (χ0) is 13.8. The molecular weight excluding hydrogens is 290 g/mol. The summed E-state index contributed by atoms with van der Waals surface area (Å²) < 4.78 is 5.32. The van der Waals surface area contributed by atoms with E-state index in [4.69, 9.17) is 4.42 Å². The standard InChI is InChI=1S/C14H15N3OS2/c1-2-15-13-11-5-7-20-14(11)17-12(16-13)9-19-8-10-4-3-6-18-10/h3-7H,2,8-9H2,1H3,(H,15,16,17). The van der Waals surface area contributed by atoms with Crippen molar-refractivity contribution in [2.75, 3.05) is 11.9 Å². The van der Waals surface area contributed by atoms with Crippen molar-refractivity contribution in [3.8, 4) is 0 Å². The molecule has 3 aromatic heterocycles. The lowest BCUT2D eigenvalue weighted by Gasteiger charge is -2.06. The number of furan rings is 1. The van der Waals surface area contributed by atoms with E-state index in [1.165, 1.54) is 0 Å². The number of anilines is 1. The number of hydrogen-bond acceptors (Lipinski definition) is 6. The van der Waals surface area contributed by atoms with E-state index in [0.717, 1.165) is 45.7 Å². The molecule has 0 aliphatic carbocycles. The fraction of sp³-hybridized carbons (Fsp3) is 0.286. The molecule has 0 radical (unpaired) electrons. The van der Waals surface area contributed by atoms with E-state index in [2.05, 4.69) is 33.7 Å². The molecule has 0 fully saturated rings. The minimum atomic E-state index is 0.785. The molecule has 0 unspecified atom stereocenters. The average molecular weight is 305 g/mol. The van der Waals surface area contributed by atoms with Crippen LogP contribution in [0.1, 0.15) is 18.5 Å². The van der Waals surface area contributed by atoms with E-state index in [-0.39, 0.29) is 0 Å². The van der Waals surface area contributed by atoms with Crippen molar-refractivity contribution >= 4 is 39.1 Å². The maximum absolute atomic E-state index is 5.32. The summed E-state index contributed by atoms with van der Waals surface area (Å²) in [6, 6.07) is 5.96. The molecule has 1 N–H and O–H groups in total. The Bertz CT molecular complexity index is 679. The van der Waals surface area contributed by atoms with Gasteiger partial charge in [-0.25, -0.2) is 9.97 Å². The zero-order valence-electron chi connectivity index (χ0n) is 11.1. The molecule has 4 nitrogen and oxygen atoms in total. The monoisotopic (exact) mass is 305 g/mol. The second-order valence-electron chi connectivity index (χ2n) is 4.23. The first-order valence-electron chi connectivity index (χ1n) is 6.45. The first kappa shape index (κ1) is 13.5. The van der Waals surface area contributed by atoms with Crippen LogP contribution >= 0.6 is 23.1 Å². The fourth-order valence-electron chi connectivity index (χ4n) is 1.90. The molecule has 0 saturated carbocycles. The van der Waals surface area contributed by atoms with Crippen molar-refractivity contribution < 1.29 is 4.42 Å². The highest BCUT2D eigenvalue weighted by molar-refractivity contribution is 7.97. The topological polar surface area (TPSA) is 51.0 Å². The molecule has 0 spiro atoms. The predicted octanol–water partition coefficient (Wildman–Crippen LogP) is 4.15. The minimum Gasteiger partial charge on any atom is -0.468 e. The van der Waals surface area contributed by atoms with Gasteiger partial charge in [0, 0.05) is 6.54 Å². The number of fused-ring (bicyclic) bond motifs is 1. The molecular formula is C14H15N3OS2. The summed E-state index contributed by atoms with van der Waals surface area (Å²) in [6.07, 6.45) is 1.70. The predicted molar refractivity (Wildman–Crippen MR) is 85.3 cm³/mol. The van der Waals surface area contributed by atoms with Crippen molar-refractivity contribution in [2.24, 2.45) is 0 Å². The molecule has 104 valence electrons. The van der Waals surface area contributed by atoms with Crippen molar-refractivity contribution in [1.82, 2.24) is 9.97 Å². The summed E-state index contributed by atoms with van der Waals surface area (Å²) in [5.74, 6) is 4.42. The second-order valence-corrected chi connectivity index (χ2v) is 6.11. The van der Waals surface area contributed by atoms with Crippen LogP contribution in [-0.4, -0.2) is 16.5 Å². The lowest BCUT2D eigenvalue weighted by molar-refractivity contribution is 0.530. The smallest absolute Gasteiger partial charge is 0.142 e. The first-order chi connectivity index (χ1) is 9.86. The Hall–Kier alpha value is -1.53. The summed E-state index contributed by atoms with van der Waals surface area (Å²) in [7, 11) is 0. The molecule has 6 heteroatoms.